The van der Waals surface area contributed by atoms with Crippen LogP contribution in [0.1, 0.15) is 32.6 Å². The molecule has 1 aliphatic rings. The van der Waals surface area contributed by atoms with Crippen molar-refractivity contribution in [1.29, 1.82) is 0 Å². The van der Waals surface area contributed by atoms with Crippen molar-refractivity contribution in [1.82, 2.24) is 5.32 Å². The van der Waals surface area contributed by atoms with Crippen LogP contribution in [0.15, 0.2) is 0 Å². The van der Waals surface area contributed by atoms with Gasteiger partial charge in [0.25, 0.3) is 0 Å². The molecule has 0 aromatic rings. The van der Waals surface area contributed by atoms with Gasteiger partial charge in [0.05, 0.1) is 13.7 Å². The van der Waals surface area contributed by atoms with Crippen molar-refractivity contribution in [3.8, 4) is 0 Å². The van der Waals surface area contributed by atoms with E-state index in [1.807, 2.05) is 0 Å². The van der Waals surface area contributed by atoms with Gasteiger partial charge in [-0.25, -0.2) is 0 Å². The summed E-state index contributed by atoms with van der Waals surface area (Å²) in [6.45, 7) is 2.51. The normalized spacial score (nSPS) is 19.8. The van der Waals surface area contributed by atoms with E-state index in [0.717, 1.165) is 6.42 Å². The number of rotatable bonds is 4. The minimum atomic E-state index is -0.172. The summed E-state index contributed by atoms with van der Waals surface area (Å²) in [6, 6.07) is 0. The van der Waals surface area contributed by atoms with Crippen molar-refractivity contribution in [2.75, 3.05) is 13.7 Å². The predicted octanol–water partition coefficient (Wildman–Crippen LogP) is 1.08. The molecule has 0 aromatic carbocycles. The van der Waals surface area contributed by atoms with Crippen LogP contribution in [0.5, 0.6) is 0 Å². The third-order valence-electron chi connectivity index (χ3n) is 2.82. The van der Waals surface area contributed by atoms with Crippen LogP contribution in [0.4, 0.5) is 0 Å². The molecule has 0 aliphatic heterocycles. The molecule has 1 N–H and O–H groups in total. The maximum absolute atomic E-state index is 10.8. The first-order valence-corrected chi connectivity index (χ1v) is 4.54. The van der Waals surface area contributed by atoms with E-state index < -0.39 is 0 Å². The number of methoxy groups -OCH3 is 1. The predicted molar refractivity (Wildman–Crippen MR) is 46.9 cm³/mol. The van der Waals surface area contributed by atoms with Gasteiger partial charge < -0.3 is 10.1 Å². The van der Waals surface area contributed by atoms with Gasteiger partial charge in [-0.1, -0.05) is 6.92 Å². The Bertz CT molecular complexity index is 158. The fourth-order valence-electron chi connectivity index (χ4n) is 1.59. The Balaban J connectivity index is 2.24. The smallest absolute Gasteiger partial charge is 0.319 e. The fourth-order valence-corrected chi connectivity index (χ4v) is 1.59. The summed E-state index contributed by atoms with van der Waals surface area (Å²) in [5.41, 5.74) is 0.244. The van der Waals surface area contributed by atoms with Crippen LogP contribution >= 0.6 is 0 Å². The lowest BCUT2D eigenvalue weighted by Crippen LogP contribution is -2.52. The van der Waals surface area contributed by atoms with Crippen LogP contribution in [0.3, 0.4) is 0 Å². The Labute approximate surface area is 73.5 Å². The van der Waals surface area contributed by atoms with E-state index >= 15 is 0 Å². The number of nitrogens with one attached hydrogen (secondary N) is 1. The van der Waals surface area contributed by atoms with Crippen molar-refractivity contribution >= 4 is 5.97 Å². The minimum absolute atomic E-state index is 0.172. The molecule has 1 saturated carbocycles. The van der Waals surface area contributed by atoms with Gasteiger partial charge in [-0.05, 0) is 25.7 Å². The largest absolute Gasteiger partial charge is 0.468 e. The molecule has 0 amide bonds. The molecule has 12 heavy (non-hydrogen) atoms. The zero-order valence-electron chi connectivity index (χ0n) is 7.85. The first-order valence-electron chi connectivity index (χ1n) is 4.54. The molecule has 0 heterocycles. The number of hydrogen-bond acceptors (Lipinski definition) is 3. The molecule has 1 rings (SSSR count). The number of hydrogen-bond donors (Lipinski definition) is 1. The molecule has 0 saturated heterocycles. The molecule has 3 heteroatoms. The van der Waals surface area contributed by atoms with Gasteiger partial charge in [0, 0.05) is 5.54 Å². The molecule has 3 nitrogen and oxygen atoms in total. The second-order valence-electron chi connectivity index (χ2n) is 3.42. The van der Waals surface area contributed by atoms with E-state index in [2.05, 4.69) is 17.0 Å². The Morgan fingerprint density at radius 3 is 2.58 bits per heavy atom. The van der Waals surface area contributed by atoms with Crippen LogP contribution < -0.4 is 5.32 Å². The van der Waals surface area contributed by atoms with Crippen LogP contribution in [0, 0.1) is 0 Å². The Morgan fingerprint density at radius 2 is 2.25 bits per heavy atom. The zero-order valence-corrected chi connectivity index (χ0v) is 7.85. The molecule has 1 aliphatic carbocycles. The summed E-state index contributed by atoms with van der Waals surface area (Å²) >= 11 is 0. The van der Waals surface area contributed by atoms with Gasteiger partial charge in [-0.2, -0.15) is 0 Å². The van der Waals surface area contributed by atoms with Crippen molar-refractivity contribution in [2.24, 2.45) is 0 Å². The lowest BCUT2D eigenvalue weighted by atomic mass is 9.75. The molecule has 0 aromatic heterocycles. The molecule has 0 atom stereocenters. The summed E-state index contributed by atoms with van der Waals surface area (Å²) in [7, 11) is 1.42. The van der Waals surface area contributed by atoms with Crippen molar-refractivity contribution in [2.45, 2.75) is 38.1 Å². The molecule has 1 fully saturated rings. The third-order valence-corrected chi connectivity index (χ3v) is 2.82. The number of ether oxygens (including phenoxy) is 1. The molecule has 0 unspecified atom stereocenters. The fraction of sp³-hybridized carbons (Fsp3) is 0.889. The molecular formula is C9H17NO2. The number of carbonyl (C=O) groups is 1. The minimum Gasteiger partial charge on any atom is -0.468 e. The topological polar surface area (TPSA) is 38.3 Å². The van der Waals surface area contributed by atoms with Crippen LogP contribution in [-0.2, 0) is 9.53 Å². The van der Waals surface area contributed by atoms with Gasteiger partial charge in [0.1, 0.15) is 0 Å². The van der Waals surface area contributed by atoms with E-state index in [1.165, 1.54) is 26.4 Å². The van der Waals surface area contributed by atoms with Crippen LogP contribution in [0.25, 0.3) is 0 Å². The average Bonchev–Trinajstić information content (AvgIpc) is 2.03. The molecule has 0 bridgehead atoms. The first kappa shape index (κ1) is 9.52. The standard InChI is InChI=1S/C9H17NO2/c1-3-9(5-4-6-9)10-7-8(11)12-2/h10H,3-7H2,1-2H3. The van der Waals surface area contributed by atoms with Crippen molar-refractivity contribution < 1.29 is 9.53 Å². The molecular weight excluding hydrogens is 154 g/mol. The van der Waals surface area contributed by atoms with E-state index in [9.17, 15) is 4.79 Å². The van der Waals surface area contributed by atoms with Crippen LogP contribution in [0.2, 0.25) is 0 Å². The molecule has 70 valence electrons. The third kappa shape index (κ3) is 1.97. The second kappa shape index (κ2) is 3.90. The summed E-state index contributed by atoms with van der Waals surface area (Å²) in [5.74, 6) is -0.172. The summed E-state index contributed by atoms with van der Waals surface area (Å²) in [5, 5.41) is 3.26. The van der Waals surface area contributed by atoms with E-state index in [-0.39, 0.29) is 11.5 Å². The van der Waals surface area contributed by atoms with Crippen LogP contribution in [-0.4, -0.2) is 25.2 Å². The first-order chi connectivity index (χ1) is 5.72. The maximum Gasteiger partial charge on any atom is 0.319 e. The average molecular weight is 171 g/mol. The number of esters is 1. The summed E-state index contributed by atoms with van der Waals surface area (Å²) < 4.78 is 4.56. The Morgan fingerprint density at radius 1 is 1.58 bits per heavy atom. The molecule has 0 spiro atoms. The maximum atomic E-state index is 10.8. The lowest BCUT2D eigenvalue weighted by molar-refractivity contribution is -0.140. The molecule has 0 radical (unpaired) electrons. The van der Waals surface area contributed by atoms with Gasteiger partial charge in [-0.3, -0.25) is 4.79 Å². The summed E-state index contributed by atoms with van der Waals surface area (Å²) in [6.07, 6.45) is 4.77. The van der Waals surface area contributed by atoms with E-state index in [0.29, 0.717) is 6.54 Å². The van der Waals surface area contributed by atoms with E-state index in [1.54, 1.807) is 0 Å². The lowest BCUT2D eigenvalue weighted by Gasteiger charge is -2.42. The van der Waals surface area contributed by atoms with Crippen molar-refractivity contribution in [3.63, 3.8) is 0 Å². The van der Waals surface area contributed by atoms with E-state index in [4.69, 9.17) is 0 Å². The highest BCUT2D eigenvalue weighted by Crippen LogP contribution is 2.34. The summed E-state index contributed by atoms with van der Waals surface area (Å²) in [4.78, 5) is 10.8. The second-order valence-corrected chi connectivity index (χ2v) is 3.42. The monoisotopic (exact) mass is 171 g/mol. The van der Waals surface area contributed by atoms with Crippen molar-refractivity contribution in [3.05, 3.63) is 0 Å². The highest BCUT2D eigenvalue weighted by atomic mass is 16.5. The van der Waals surface area contributed by atoms with Gasteiger partial charge in [0.15, 0.2) is 0 Å². The van der Waals surface area contributed by atoms with Gasteiger partial charge in [-0.15, -0.1) is 0 Å². The quantitative estimate of drug-likeness (QED) is 0.643. The van der Waals surface area contributed by atoms with Gasteiger partial charge in [0.2, 0.25) is 0 Å². The Kier molecular flexibility index (Phi) is 3.09. The zero-order chi connectivity index (χ0) is 9.03. The highest BCUT2D eigenvalue weighted by Gasteiger charge is 2.34. The number of carbonyl (C=O) groups excluding carboxylic acids is 1. The Hall–Kier alpha value is -0.570. The van der Waals surface area contributed by atoms with Gasteiger partial charge >= 0.3 is 5.97 Å². The highest BCUT2D eigenvalue weighted by molar-refractivity contribution is 5.71. The SMILES string of the molecule is CCC1(NCC(=O)OC)CCC1.